The van der Waals surface area contributed by atoms with Crippen molar-refractivity contribution in [1.29, 1.82) is 0 Å². The monoisotopic (exact) mass is 423 g/mol. The van der Waals surface area contributed by atoms with Crippen LogP contribution in [-0.2, 0) is 6.18 Å². The van der Waals surface area contributed by atoms with Gasteiger partial charge in [-0.25, -0.2) is 4.79 Å². The maximum atomic E-state index is 13.0. The maximum Gasteiger partial charge on any atom is 0.416 e. The van der Waals surface area contributed by atoms with Crippen LogP contribution in [0.5, 0.6) is 0 Å². The van der Waals surface area contributed by atoms with Crippen molar-refractivity contribution in [1.82, 2.24) is 19.8 Å². The molecule has 0 aliphatic carbocycles. The fraction of sp³-hybridized carbons (Fsp3) is 0.500. The second-order valence-electron chi connectivity index (χ2n) is 7.77. The summed E-state index contributed by atoms with van der Waals surface area (Å²) < 4.78 is 39.0. The minimum absolute atomic E-state index is 0.194. The molecule has 0 saturated carbocycles. The average Bonchev–Trinajstić information content (AvgIpc) is 3.19. The van der Waals surface area contributed by atoms with Gasteiger partial charge in [0.1, 0.15) is 5.69 Å². The first-order chi connectivity index (χ1) is 14.3. The number of imidazole rings is 1. The Hall–Kier alpha value is -2.75. The fourth-order valence-corrected chi connectivity index (χ4v) is 4.28. The lowest BCUT2D eigenvalue weighted by Crippen LogP contribution is -2.56. The van der Waals surface area contributed by atoms with E-state index in [0.29, 0.717) is 31.9 Å². The van der Waals surface area contributed by atoms with Gasteiger partial charge >= 0.3 is 11.9 Å². The van der Waals surface area contributed by atoms with E-state index in [1.54, 1.807) is 11.0 Å². The van der Waals surface area contributed by atoms with E-state index in [9.17, 15) is 22.8 Å². The largest absolute Gasteiger partial charge is 0.416 e. The Kier molecular flexibility index (Phi) is 5.59. The molecular weight excluding hydrogens is 399 g/mol. The van der Waals surface area contributed by atoms with Crippen LogP contribution in [0.1, 0.15) is 28.9 Å². The number of nitrogens with one attached hydrogen (secondary N) is 2. The second-order valence-corrected chi connectivity index (χ2v) is 7.77. The average molecular weight is 423 g/mol. The van der Waals surface area contributed by atoms with E-state index in [2.05, 4.69) is 14.9 Å². The first kappa shape index (κ1) is 20.5. The Morgan fingerprint density at radius 1 is 1.10 bits per heavy atom. The second kappa shape index (κ2) is 8.17. The van der Waals surface area contributed by atoms with Crippen LogP contribution in [0.3, 0.4) is 0 Å². The number of hydrogen-bond acceptors (Lipinski definition) is 4. The van der Waals surface area contributed by atoms with Crippen LogP contribution in [0.2, 0.25) is 0 Å². The molecule has 3 heterocycles. The van der Waals surface area contributed by atoms with Crippen LogP contribution < -0.4 is 10.6 Å². The van der Waals surface area contributed by atoms with Crippen molar-refractivity contribution in [2.24, 2.45) is 0 Å². The topological polar surface area (TPSA) is 75.4 Å². The van der Waals surface area contributed by atoms with E-state index in [0.717, 1.165) is 32.0 Å². The van der Waals surface area contributed by atoms with Gasteiger partial charge in [-0.3, -0.25) is 9.69 Å². The zero-order valence-corrected chi connectivity index (χ0v) is 16.4. The Morgan fingerprint density at radius 2 is 1.87 bits per heavy atom. The summed E-state index contributed by atoms with van der Waals surface area (Å²) in [5.74, 6) is -0.194. The number of alkyl halides is 3. The third-order valence-corrected chi connectivity index (χ3v) is 5.88. The minimum atomic E-state index is -4.35. The van der Waals surface area contributed by atoms with E-state index in [-0.39, 0.29) is 17.6 Å². The molecule has 2 N–H and O–H groups in total. The van der Waals surface area contributed by atoms with E-state index >= 15 is 0 Å². The van der Waals surface area contributed by atoms with Crippen molar-refractivity contribution in [2.75, 3.05) is 44.2 Å². The molecule has 1 atom stereocenters. The number of carbonyl (C=O) groups is 1. The maximum absolute atomic E-state index is 13.0. The Morgan fingerprint density at radius 3 is 2.53 bits per heavy atom. The van der Waals surface area contributed by atoms with Crippen molar-refractivity contribution < 1.29 is 18.0 Å². The van der Waals surface area contributed by atoms with Gasteiger partial charge in [-0.1, -0.05) is 6.07 Å². The Labute approximate surface area is 171 Å². The molecule has 10 heteroatoms. The van der Waals surface area contributed by atoms with Crippen molar-refractivity contribution in [3.05, 3.63) is 52.2 Å². The molecule has 2 aliphatic heterocycles. The van der Waals surface area contributed by atoms with E-state index in [4.69, 9.17) is 0 Å². The lowest BCUT2D eigenvalue weighted by Gasteiger charge is -2.44. The first-order valence-electron chi connectivity index (χ1n) is 10.0. The van der Waals surface area contributed by atoms with Gasteiger partial charge in [0, 0.05) is 57.2 Å². The SMILES string of the molecule is O=C(c1c[nH]c(=O)[nH]1)N1CCC[C@@H](N2CCN(c3cccc(C(F)(F)F)c3)CC2)C1. The molecule has 2 aliphatic rings. The summed E-state index contributed by atoms with van der Waals surface area (Å²) in [6.45, 7) is 3.95. The first-order valence-corrected chi connectivity index (χ1v) is 10.0. The number of hydrogen-bond donors (Lipinski definition) is 2. The van der Waals surface area contributed by atoms with Crippen LogP contribution >= 0.6 is 0 Å². The van der Waals surface area contributed by atoms with Crippen LogP contribution in [-0.4, -0.2) is 71.0 Å². The summed E-state index contributed by atoms with van der Waals surface area (Å²) >= 11 is 0. The molecule has 0 bridgehead atoms. The van der Waals surface area contributed by atoms with Crippen molar-refractivity contribution in [3.8, 4) is 0 Å². The molecular formula is C20H24F3N5O2. The molecule has 7 nitrogen and oxygen atoms in total. The molecule has 1 amide bonds. The Bertz CT molecular complexity index is 946. The summed E-state index contributed by atoms with van der Waals surface area (Å²) in [6, 6.07) is 5.65. The molecule has 2 saturated heterocycles. The van der Waals surface area contributed by atoms with Crippen LogP contribution in [0.25, 0.3) is 0 Å². The number of benzene rings is 1. The molecule has 162 valence electrons. The summed E-state index contributed by atoms with van der Waals surface area (Å²) in [5.41, 5.74) is -0.194. The molecule has 4 rings (SSSR count). The third-order valence-electron chi connectivity index (χ3n) is 5.88. The van der Waals surface area contributed by atoms with Crippen LogP contribution in [0, 0.1) is 0 Å². The molecule has 0 spiro atoms. The van der Waals surface area contributed by atoms with Crippen molar-refractivity contribution in [2.45, 2.75) is 25.1 Å². The number of H-pyrrole nitrogens is 2. The lowest BCUT2D eigenvalue weighted by molar-refractivity contribution is -0.137. The van der Waals surface area contributed by atoms with E-state index < -0.39 is 17.4 Å². The lowest BCUT2D eigenvalue weighted by atomic mass is 10.0. The number of piperazine rings is 1. The zero-order chi connectivity index (χ0) is 21.3. The van der Waals surface area contributed by atoms with Gasteiger partial charge in [-0.05, 0) is 31.0 Å². The number of halogens is 3. The number of aromatic amines is 2. The highest BCUT2D eigenvalue weighted by Gasteiger charge is 2.33. The standard InChI is InChI=1S/C20H24F3N5O2/c21-20(22,23)14-3-1-4-15(11-14)26-7-9-27(10-8-26)16-5-2-6-28(13-16)18(29)17-12-24-19(30)25-17/h1,3-4,11-12,16H,2,5-10,13H2,(H2,24,25,30)/t16-/m1/s1. The van der Waals surface area contributed by atoms with Crippen molar-refractivity contribution in [3.63, 3.8) is 0 Å². The smallest absolute Gasteiger partial charge is 0.369 e. The molecule has 0 radical (unpaired) electrons. The van der Waals surface area contributed by atoms with Gasteiger partial charge in [-0.15, -0.1) is 0 Å². The zero-order valence-electron chi connectivity index (χ0n) is 16.4. The number of rotatable bonds is 3. The van der Waals surface area contributed by atoms with Crippen LogP contribution in [0.15, 0.2) is 35.3 Å². The van der Waals surface area contributed by atoms with E-state index in [1.807, 2.05) is 4.90 Å². The number of amides is 1. The highest BCUT2D eigenvalue weighted by molar-refractivity contribution is 5.92. The molecule has 0 unspecified atom stereocenters. The predicted octanol–water partition coefficient (Wildman–Crippen LogP) is 2.15. The summed E-state index contributed by atoms with van der Waals surface area (Å²) in [4.78, 5) is 34.9. The number of piperidine rings is 1. The van der Waals surface area contributed by atoms with Gasteiger partial charge in [0.15, 0.2) is 0 Å². The number of likely N-dealkylation sites (tertiary alicyclic amines) is 1. The molecule has 1 aromatic carbocycles. The summed E-state index contributed by atoms with van der Waals surface area (Å²) in [5, 5.41) is 0. The highest BCUT2D eigenvalue weighted by atomic mass is 19.4. The van der Waals surface area contributed by atoms with Gasteiger partial charge in [-0.2, -0.15) is 13.2 Å². The highest BCUT2D eigenvalue weighted by Crippen LogP contribution is 2.32. The molecule has 30 heavy (non-hydrogen) atoms. The number of aromatic nitrogens is 2. The fourth-order valence-electron chi connectivity index (χ4n) is 4.28. The third kappa shape index (κ3) is 4.38. The van der Waals surface area contributed by atoms with Gasteiger partial charge in [0.25, 0.3) is 5.91 Å². The number of anilines is 1. The van der Waals surface area contributed by atoms with E-state index in [1.165, 1.54) is 18.3 Å². The molecule has 1 aromatic heterocycles. The van der Waals surface area contributed by atoms with Crippen LogP contribution in [0.4, 0.5) is 18.9 Å². The van der Waals surface area contributed by atoms with Gasteiger partial charge < -0.3 is 19.8 Å². The quantitative estimate of drug-likeness (QED) is 0.794. The summed E-state index contributed by atoms with van der Waals surface area (Å²) in [7, 11) is 0. The minimum Gasteiger partial charge on any atom is -0.369 e. The molecule has 2 fully saturated rings. The predicted molar refractivity (Wildman–Crippen MR) is 106 cm³/mol. The van der Waals surface area contributed by atoms with Gasteiger partial charge in [0.2, 0.25) is 0 Å². The van der Waals surface area contributed by atoms with Gasteiger partial charge in [0.05, 0.1) is 5.56 Å². The Balaban J connectivity index is 1.36. The summed E-state index contributed by atoms with van der Waals surface area (Å²) in [6.07, 6.45) is -1.11. The number of carbonyl (C=O) groups excluding carboxylic acids is 1. The molecule has 2 aromatic rings. The number of nitrogens with zero attached hydrogens (tertiary/aromatic N) is 3. The normalized spacial score (nSPS) is 21.1. The van der Waals surface area contributed by atoms with Crippen molar-refractivity contribution >= 4 is 11.6 Å².